The Balaban J connectivity index is 0.00000385. The van der Waals surface area contributed by atoms with Crippen LogP contribution in [-0.4, -0.2) is 31.7 Å². The molecule has 1 heterocycles. The molecule has 3 rings (SSSR count). The number of esters is 1. The predicted molar refractivity (Wildman–Crippen MR) is 114 cm³/mol. The van der Waals surface area contributed by atoms with Crippen molar-refractivity contribution in [2.75, 3.05) is 6.61 Å². The summed E-state index contributed by atoms with van der Waals surface area (Å²) in [6, 6.07) is 9.74. The Bertz CT molecular complexity index is 1230. The second-order valence-electron chi connectivity index (χ2n) is 7.14. The van der Waals surface area contributed by atoms with Crippen molar-refractivity contribution in [2.45, 2.75) is 40.4 Å². The van der Waals surface area contributed by atoms with E-state index in [1.54, 1.807) is 38.1 Å². The number of hydrogen-bond donors (Lipinski definition) is 0. The van der Waals surface area contributed by atoms with Crippen molar-refractivity contribution < 1.29 is 70.1 Å². The molecule has 0 aliphatic heterocycles. The molecule has 0 fully saturated rings. The van der Waals surface area contributed by atoms with Crippen molar-refractivity contribution in [2.24, 2.45) is 0 Å². The van der Waals surface area contributed by atoms with Gasteiger partial charge in [0.25, 0.3) is 10.4 Å². The Morgan fingerprint density at radius 2 is 1.88 bits per heavy atom. The Morgan fingerprint density at radius 1 is 1.15 bits per heavy atom. The molecule has 0 saturated heterocycles. The number of ether oxygens (including phenoxy) is 3. The number of rotatable bonds is 9. The molecular formula is C22H23NaO9S. The molecule has 3 aromatic rings. The van der Waals surface area contributed by atoms with E-state index >= 15 is 0 Å². The number of aryl methyl sites for hydroxylation is 1. The van der Waals surface area contributed by atoms with Gasteiger partial charge in [-0.2, -0.15) is 0 Å². The minimum Gasteiger partial charge on any atom is -0.716 e. The van der Waals surface area contributed by atoms with E-state index in [9.17, 15) is 17.8 Å². The minimum absolute atomic E-state index is 0. The zero-order valence-electron chi connectivity index (χ0n) is 19.0. The molecule has 0 saturated carbocycles. The van der Waals surface area contributed by atoms with Gasteiger partial charge in [-0.3, -0.25) is 0 Å². The molecule has 9 nitrogen and oxygen atoms in total. The second kappa shape index (κ2) is 11.3. The fourth-order valence-corrected chi connectivity index (χ4v) is 3.46. The van der Waals surface area contributed by atoms with E-state index in [0.29, 0.717) is 5.75 Å². The second-order valence-corrected chi connectivity index (χ2v) is 8.13. The number of carbonyl (C=O) groups is 1. The summed E-state index contributed by atoms with van der Waals surface area (Å²) in [6.45, 7) is 7.20. The van der Waals surface area contributed by atoms with Gasteiger partial charge in [-0.1, -0.05) is 12.1 Å². The van der Waals surface area contributed by atoms with Crippen molar-refractivity contribution in [3.8, 4) is 17.2 Å². The van der Waals surface area contributed by atoms with Gasteiger partial charge in [-0.15, -0.1) is 0 Å². The SMILES string of the molecule is CCOC(=O)c1c(C)oc2cc(OCc3cccc(OC(C)C)c3)c(OS(=O)(=O)[O-])cc12.[Na+]. The first-order valence-corrected chi connectivity index (χ1v) is 11.2. The van der Waals surface area contributed by atoms with Crippen LogP contribution in [0.3, 0.4) is 0 Å². The molecule has 0 aliphatic carbocycles. The Kier molecular flexibility index (Phi) is 9.21. The summed E-state index contributed by atoms with van der Waals surface area (Å²) >= 11 is 0. The first-order chi connectivity index (χ1) is 15.1. The summed E-state index contributed by atoms with van der Waals surface area (Å²) in [5.74, 6) is -0.138. The van der Waals surface area contributed by atoms with Crippen LogP contribution in [0.2, 0.25) is 0 Å². The third-order valence-electron chi connectivity index (χ3n) is 4.27. The van der Waals surface area contributed by atoms with Gasteiger partial charge >= 0.3 is 35.5 Å². The average molecular weight is 486 g/mol. The van der Waals surface area contributed by atoms with Crippen LogP contribution in [-0.2, 0) is 21.7 Å². The third kappa shape index (κ3) is 7.12. The van der Waals surface area contributed by atoms with E-state index in [2.05, 4.69) is 4.18 Å². The maximum atomic E-state index is 12.3. The van der Waals surface area contributed by atoms with Crippen molar-refractivity contribution >= 4 is 27.3 Å². The quantitative estimate of drug-likeness (QED) is 0.189. The Hall–Kier alpha value is -2.24. The maximum absolute atomic E-state index is 12.3. The first kappa shape index (κ1) is 27.0. The monoisotopic (exact) mass is 486 g/mol. The number of benzene rings is 2. The van der Waals surface area contributed by atoms with E-state index in [1.807, 2.05) is 13.8 Å². The van der Waals surface area contributed by atoms with Crippen molar-refractivity contribution in [3.05, 3.63) is 53.3 Å². The normalized spacial score (nSPS) is 11.2. The fraction of sp³-hybridized carbons (Fsp3) is 0.318. The van der Waals surface area contributed by atoms with Gasteiger partial charge in [0.05, 0.1) is 12.7 Å². The summed E-state index contributed by atoms with van der Waals surface area (Å²) in [7, 11) is -5.10. The summed E-state index contributed by atoms with van der Waals surface area (Å²) in [4.78, 5) is 12.3. The summed E-state index contributed by atoms with van der Waals surface area (Å²) in [5, 5.41) is 0.235. The molecule has 11 heteroatoms. The predicted octanol–water partition coefficient (Wildman–Crippen LogP) is 1.13. The number of carbonyl (C=O) groups excluding carboxylic acids is 1. The van der Waals surface area contributed by atoms with Crippen molar-refractivity contribution in [3.63, 3.8) is 0 Å². The molecule has 33 heavy (non-hydrogen) atoms. The molecule has 0 radical (unpaired) electrons. The van der Waals surface area contributed by atoms with E-state index in [1.165, 1.54) is 12.1 Å². The van der Waals surface area contributed by atoms with Gasteiger partial charge < -0.3 is 27.4 Å². The minimum atomic E-state index is -5.10. The van der Waals surface area contributed by atoms with Crippen molar-refractivity contribution in [1.82, 2.24) is 0 Å². The third-order valence-corrected chi connectivity index (χ3v) is 4.65. The van der Waals surface area contributed by atoms with Gasteiger partial charge in [-0.25, -0.2) is 13.2 Å². The van der Waals surface area contributed by atoms with Gasteiger partial charge in [0.1, 0.15) is 29.3 Å². The summed E-state index contributed by atoms with van der Waals surface area (Å²) in [5.41, 5.74) is 1.09. The molecule has 0 atom stereocenters. The molecule has 0 N–H and O–H groups in total. The number of fused-ring (bicyclic) bond motifs is 1. The Labute approximate surface area is 214 Å². The average Bonchev–Trinajstić information content (AvgIpc) is 2.99. The summed E-state index contributed by atoms with van der Waals surface area (Å²) in [6.07, 6.45) is -0.00775. The first-order valence-electron chi connectivity index (χ1n) is 9.85. The van der Waals surface area contributed by atoms with E-state index < -0.39 is 16.4 Å². The van der Waals surface area contributed by atoms with Crippen LogP contribution in [0.1, 0.15) is 42.5 Å². The van der Waals surface area contributed by atoms with Crippen LogP contribution in [0.25, 0.3) is 11.0 Å². The van der Waals surface area contributed by atoms with E-state index in [4.69, 9.17) is 18.6 Å². The zero-order valence-corrected chi connectivity index (χ0v) is 21.9. The molecule has 0 amide bonds. The molecule has 2 aromatic carbocycles. The Morgan fingerprint density at radius 3 is 2.52 bits per heavy atom. The van der Waals surface area contributed by atoms with Crippen LogP contribution in [0.5, 0.6) is 17.2 Å². The smallest absolute Gasteiger partial charge is 0.716 e. The van der Waals surface area contributed by atoms with Gasteiger partial charge in [0.2, 0.25) is 0 Å². The standard InChI is InChI=1S/C22H24O9S.Na/c1-5-27-22(23)21-14(4)30-18-11-19(20(10-17(18)21)31-32(24,25)26)28-12-15-7-6-8-16(9-15)29-13(2)3;/h6-11,13H,5,12H2,1-4H3,(H,24,25,26);/q;+1/p-1. The molecule has 1 aromatic heterocycles. The molecule has 0 unspecified atom stereocenters. The number of hydrogen-bond acceptors (Lipinski definition) is 9. The van der Waals surface area contributed by atoms with Gasteiger partial charge in [0, 0.05) is 11.5 Å². The largest absolute Gasteiger partial charge is 1.00 e. The van der Waals surface area contributed by atoms with Crippen LogP contribution >= 0.6 is 0 Å². The van der Waals surface area contributed by atoms with E-state index in [0.717, 1.165) is 5.56 Å². The van der Waals surface area contributed by atoms with Gasteiger partial charge in [0.15, 0.2) is 11.5 Å². The molecular weight excluding hydrogens is 463 g/mol. The van der Waals surface area contributed by atoms with Crippen LogP contribution in [0, 0.1) is 6.92 Å². The maximum Gasteiger partial charge on any atom is 1.00 e. The molecule has 0 spiro atoms. The van der Waals surface area contributed by atoms with E-state index in [-0.39, 0.29) is 82.7 Å². The van der Waals surface area contributed by atoms with Crippen molar-refractivity contribution in [1.29, 1.82) is 0 Å². The topological polar surface area (TPSA) is 124 Å². The van der Waals surface area contributed by atoms with Crippen LogP contribution < -0.4 is 43.2 Å². The molecule has 0 bridgehead atoms. The fourth-order valence-electron chi connectivity index (χ4n) is 3.11. The van der Waals surface area contributed by atoms with Crippen LogP contribution in [0.4, 0.5) is 0 Å². The zero-order chi connectivity index (χ0) is 23.5. The molecule has 0 aliphatic rings. The van der Waals surface area contributed by atoms with Gasteiger partial charge in [-0.05, 0) is 51.5 Å². The summed E-state index contributed by atoms with van der Waals surface area (Å²) < 4.78 is 60.4. The number of furan rings is 1. The van der Waals surface area contributed by atoms with Crippen LogP contribution in [0.15, 0.2) is 40.8 Å². The molecule has 172 valence electrons.